The molecular weight excluding hydrogens is 278 g/mol. The molecule has 1 amide bonds. The van der Waals surface area contributed by atoms with Gasteiger partial charge in [-0.3, -0.25) is 4.79 Å². The van der Waals surface area contributed by atoms with Crippen LogP contribution in [0.15, 0.2) is 18.2 Å². The molecule has 0 saturated heterocycles. The minimum absolute atomic E-state index is 0.0282. The zero-order valence-electron chi connectivity index (χ0n) is 11.6. The lowest BCUT2D eigenvalue weighted by atomic mass is 10.1. The Bertz CT molecular complexity index is 476. The van der Waals surface area contributed by atoms with Crippen LogP contribution < -0.4 is 10.1 Å². The number of hydrogen-bond acceptors (Lipinski definition) is 4. The molecule has 5 nitrogen and oxygen atoms in total. The van der Waals surface area contributed by atoms with E-state index in [1.54, 1.807) is 17.8 Å². The van der Waals surface area contributed by atoms with E-state index in [4.69, 9.17) is 9.84 Å². The summed E-state index contributed by atoms with van der Waals surface area (Å²) in [6, 6.07) is 4.75. The third-order valence-electron chi connectivity index (χ3n) is 2.78. The van der Waals surface area contributed by atoms with Gasteiger partial charge >= 0.3 is 5.97 Å². The molecule has 1 aromatic carbocycles. The van der Waals surface area contributed by atoms with Gasteiger partial charge in [0, 0.05) is 18.7 Å². The first-order chi connectivity index (χ1) is 9.58. The zero-order chi connectivity index (χ0) is 15.0. The molecule has 2 N–H and O–H groups in total. The molecule has 0 bridgehead atoms. The summed E-state index contributed by atoms with van der Waals surface area (Å²) in [5.74, 6) is 0.381. The van der Waals surface area contributed by atoms with Gasteiger partial charge in [0.15, 0.2) is 0 Å². The second kappa shape index (κ2) is 8.47. The minimum atomic E-state index is -0.986. The smallest absolute Gasteiger partial charge is 0.335 e. The first-order valence-corrected chi connectivity index (χ1v) is 7.63. The van der Waals surface area contributed by atoms with Gasteiger partial charge in [0.05, 0.1) is 12.7 Å². The van der Waals surface area contributed by atoms with Crippen LogP contribution in [0.3, 0.4) is 0 Å². The van der Waals surface area contributed by atoms with Crippen LogP contribution in [-0.4, -0.2) is 42.6 Å². The van der Waals surface area contributed by atoms with Gasteiger partial charge in [-0.25, -0.2) is 4.79 Å². The van der Waals surface area contributed by atoms with E-state index >= 15 is 0 Å². The molecule has 6 heteroatoms. The Hall–Kier alpha value is -1.69. The molecule has 0 aromatic heterocycles. The number of nitrogens with one attached hydrogen (secondary N) is 1. The summed E-state index contributed by atoms with van der Waals surface area (Å²) in [5.41, 5.74) is 1.07. The summed E-state index contributed by atoms with van der Waals surface area (Å²) in [7, 11) is 1.50. The number of hydrogen-bond donors (Lipinski definition) is 2. The van der Waals surface area contributed by atoms with E-state index in [1.807, 2.05) is 6.26 Å². The number of amides is 1. The third kappa shape index (κ3) is 5.13. The van der Waals surface area contributed by atoms with Crippen LogP contribution in [0.4, 0.5) is 0 Å². The molecule has 0 aliphatic heterocycles. The molecule has 0 saturated carbocycles. The molecular formula is C14H19NO4S. The molecule has 110 valence electrons. The van der Waals surface area contributed by atoms with Gasteiger partial charge in [0.2, 0.25) is 5.91 Å². The predicted molar refractivity (Wildman–Crippen MR) is 79.7 cm³/mol. The first kappa shape index (κ1) is 16.4. The summed E-state index contributed by atoms with van der Waals surface area (Å²) in [6.07, 6.45) is 3.08. The van der Waals surface area contributed by atoms with E-state index in [-0.39, 0.29) is 11.5 Å². The van der Waals surface area contributed by atoms with Crippen LogP contribution in [0.25, 0.3) is 0 Å². The second-order valence-electron chi connectivity index (χ2n) is 4.17. The predicted octanol–water partition coefficient (Wildman–Crippen LogP) is 1.81. The topological polar surface area (TPSA) is 75.6 Å². The maximum absolute atomic E-state index is 11.5. The van der Waals surface area contributed by atoms with Crippen molar-refractivity contribution < 1.29 is 19.4 Å². The monoisotopic (exact) mass is 297 g/mol. The van der Waals surface area contributed by atoms with Gasteiger partial charge in [-0.05, 0) is 30.4 Å². The SMILES string of the molecule is COc1cc(C(=O)O)ccc1CCNC(=O)CCSC. The quantitative estimate of drug-likeness (QED) is 0.765. The van der Waals surface area contributed by atoms with Crippen molar-refractivity contribution in [2.24, 2.45) is 0 Å². The van der Waals surface area contributed by atoms with Gasteiger partial charge in [0.25, 0.3) is 0 Å². The van der Waals surface area contributed by atoms with Crippen molar-refractivity contribution in [2.75, 3.05) is 25.7 Å². The van der Waals surface area contributed by atoms with E-state index in [0.29, 0.717) is 25.1 Å². The van der Waals surface area contributed by atoms with Crippen molar-refractivity contribution >= 4 is 23.6 Å². The number of rotatable bonds is 8. The lowest BCUT2D eigenvalue weighted by Gasteiger charge is -2.10. The van der Waals surface area contributed by atoms with Crippen molar-refractivity contribution in [2.45, 2.75) is 12.8 Å². The van der Waals surface area contributed by atoms with Crippen molar-refractivity contribution in [3.05, 3.63) is 29.3 Å². The Balaban J connectivity index is 2.55. The first-order valence-electron chi connectivity index (χ1n) is 6.24. The number of carboxylic acid groups (broad SMARTS) is 1. The summed E-state index contributed by atoms with van der Waals surface area (Å²) < 4.78 is 5.18. The molecule has 0 aliphatic rings. The fourth-order valence-corrected chi connectivity index (χ4v) is 2.09. The molecule has 0 heterocycles. The van der Waals surface area contributed by atoms with Crippen LogP contribution >= 0.6 is 11.8 Å². The molecule has 1 aromatic rings. The van der Waals surface area contributed by atoms with Gasteiger partial charge < -0.3 is 15.2 Å². The Morgan fingerprint density at radius 3 is 2.75 bits per heavy atom. The van der Waals surface area contributed by atoms with Crippen molar-refractivity contribution in [1.82, 2.24) is 5.32 Å². The zero-order valence-corrected chi connectivity index (χ0v) is 12.5. The highest BCUT2D eigenvalue weighted by molar-refractivity contribution is 7.98. The van der Waals surface area contributed by atoms with Gasteiger partial charge in [-0.15, -0.1) is 0 Å². The second-order valence-corrected chi connectivity index (χ2v) is 5.16. The standard InChI is InChI=1S/C14H19NO4S/c1-19-12-9-11(14(17)18)4-3-10(12)5-7-15-13(16)6-8-20-2/h3-4,9H,5-8H2,1-2H3,(H,15,16)(H,17,18). The summed E-state index contributed by atoms with van der Waals surface area (Å²) in [6.45, 7) is 0.510. The largest absolute Gasteiger partial charge is 0.496 e. The van der Waals surface area contributed by atoms with Crippen LogP contribution in [0.2, 0.25) is 0 Å². The highest BCUT2D eigenvalue weighted by Gasteiger charge is 2.09. The number of carboxylic acids is 1. The maximum atomic E-state index is 11.5. The number of aromatic carboxylic acids is 1. The summed E-state index contributed by atoms with van der Waals surface area (Å²) in [4.78, 5) is 22.3. The van der Waals surface area contributed by atoms with E-state index in [2.05, 4.69) is 5.32 Å². The van der Waals surface area contributed by atoms with E-state index in [0.717, 1.165) is 11.3 Å². The number of carbonyl (C=O) groups is 2. The molecule has 0 unspecified atom stereocenters. The number of benzene rings is 1. The Morgan fingerprint density at radius 2 is 2.15 bits per heavy atom. The van der Waals surface area contributed by atoms with Gasteiger partial charge in [0.1, 0.15) is 5.75 Å². The Labute approximate surface area is 122 Å². The van der Waals surface area contributed by atoms with E-state index < -0.39 is 5.97 Å². The highest BCUT2D eigenvalue weighted by atomic mass is 32.2. The Morgan fingerprint density at radius 1 is 1.40 bits per heavy atom. The van der Waals surface area contributed by atoms with Crippen LogP contribution in [0.5, 0.6) is 5.75 Å². The molecule has 1 rings (SSSR count). The van der Waals surface area contributed by atoms with Crippen molar-refractivity contribution in [3.63, 3.8) is 0 Å². The number of methoxy groups -OCH3 is 1. The molecule has 0 aliphatic carbocycles. The number of ether oxygens (including phenoxy) is 1. The van der Waals surface area contributed by atoms with Crippen molar-refractivity contribution in [3.8, 4) is 5.75 Å². The summed E-state index contributed by atoms with van der Waals surface area (Å²) in [5, 5.41) is 11.7. The van der Waals surface area contributed by atoms with E-state index in [1.165, 1.54) is 19.2 Å². The average molecular weight is 297 g/mol. The molecule has 0 radical (unpaired) electrons. The molecule has 0 spiro atoms. The normalized spacial score (nSPS) is 10.1. The lowest BCUT2D eigenvalue weighted by Crippen LogP contribution is -2.26. The van der Waals surface area contributed by atoms with Crippen LogP contribution in [0.1, 0.15) is 22.3 Å². The maximum Gasteiger partial charge on any atom is 0.335 e. The van der Waals surface area contributed by atoms with E-state index in [9.17, 15) is 9.59 Å². The van der Waals surface area contributed by atoms with Crippen LogP contribution in [0, 0.1) is 0 Å². The van der Waals surface area contributed by atoms with Gasteiger partial charge in [-0.2, -0.15) is 11.8 Å². The average Bonchev–Trinajstić information content (AvgIpc) is 2.45. The molecule has 0 fully saturated rings. The van der Waals surface area contributed by atoms with Gasteiger partial charge in [-0.1, -0.05) is 6.07 Å². The molecule has 20 heavy (non-hydrogen) atoms. The highest BCUT2D eigenvalue weighted by Crippen LogP contribution is 2.20. The lowest BCUT2D eigenvalue weighted by molar-refractivity contribution is -0.120. The fourth-order valence-electron chi connectivity index (χ4n) is 1.70. The third-order valence-corrected chi connectivity index (χ3v) is 3.40. The minimum Gasteiger partial charge on any atom is -0.496 e. The fraction of sp³-hybridized carbons (Fsp3) is 0.429. The van der Waals surface area contributed by atoms with Crippen molar-refractivity contribution in [1.29, 1.82) is 0 Å². The van der Waals surface area contributed by atoms with Crippen LogP contribution in [-0.2, 0) is 11.2 Å². The molecule has 0 atom stereocenters. The summed E-state index contributed by atoms with van der Waals surface area (Å²) >= 11 is 1.63. The Kier molecular flexibility index (Phi) is 6.93. The number of carbonyl (C=O) groups excluding carboxylic acids is 1. The number of thioether (sulfide) groups is 1.